The predicted molar refractivity (Wildman–Crippen MR) is 133 cm³/mol. The smallest absolute Gasteiger partial charge is 0.204 e. The van der Waals surface area contributed by atoms with E-state index >= 15 is 0 Å². The van der Waals surface area contributed by atoms with E-state index in [9.17, 15) is 0 Å². The molecule has 5 heteroatoms. The van der Waals surface area contributed by atoms with Crippen molar-refractivity contribution in [3.05, 3.63) is 133 Å². The van der Waals surface area contributed by atoms with Crippen LogP contribution in [0.15, 0.2) is 109 Å². The van der Waals surface area contributed by atoms with Crippen molar-refractivity contribution in [1.29, 1.82) is 0 Å². The Morgan fingerprint density at radius 2 is 1.52 bits per heavy atom. The summed E-state index contributed by atoms with van der Waals surface area (Å²) in [7, 11) is 0. The molecule has 0 atom stereocenters. The maximum Gasteiger partial charge on any atom is 0.204 e. The summed E-state index contributed by atoms with van der Waals surface area (Å²) >= 11 is 0. The molecule has 165 valence electrons. The van der Waals surface area contributed by atoms with Gasteiger partial charge in [0.25, 0.3) is 0 Å². The van der Waals surface area contributed by atoms with E-state index in [2.05, 4.69) is 66.2 Å². The van der Waals surface area contributed by atoms with Gasteiger partial charge < -0.3 is 14.9 Å². The molecule has 33 heavy (non-hydrogen) atoms. The van der Waals surface area contributed by atoms with E-state index in [-0.39, 0.29) is 26.8 Å². The van der Waals surface area contributed by atoms with Crippen molar-refractivity contribution < 1.29 is 20.1 Å². The van der Waals surface area contributed by atoms with E-state index in [0.29, 0.717) is 0 Å². The van der Waals surface area contributed by atoms with Crippen LogP contribution in [0.5, 0.6) is 0 Å². The molecule has 3 heterocycles. The average Bonchev–Trinajstić information content (AvgIpc) is 2.86. The monoisotopic (exact) mass is 606 g/mol. The molecule has 5 rings (SSSR count). The molecule has 2 aromatic carbocycles. The second kappa shape index (κ2) is 12.1. The first-order valence-corrected chi connectivity index (χ1v) is 10.6. The summed E-state index contributed by atoms with van der Waals surface area (Å²) in [4.78, 5) is 10.5. The van der Waals surface area contributed by atoms with Crippen molar-refractivity contribution in [3.8, 4) is 11.3 Å². The van der Waals surface area contributed by atoms with Crippen LogP contribution in [-0.4, -0.2) is 16.7 Å². The predicted octanol–water partition coefficient (Wildman–Crippen LogP) is 5.38. The quantitative estimate of drug-likeness (QED) is 0.232. The summed E-state index contributed by atoms with van der Waals surface area (Å²) < 4.78 is 0. The average molecular weight is 606 g/mol. The van der Waals surface area contributed by atoms with Crippen LogP contribution in [0.3, 0.4) is 0 Å². The first-order valence-electron chi connectivity index (χ1n) is 10.6. The zero-order valence-corrected chi connectivity index (χ0v) is 21.0. The van der Waals surface area contributed by atoms with Crippen molar-refractivity contribution in [2.75, 3.05) is 4.90 Å². The Morgan fingerprint density at radius 1 is 0.788 bits per heavy atom. The third-order valence-electron chi connectivity index (χ3n) is 5.26. The van der Waals surface area contributed by atoms with Crippen LogP contribution in [-0.2, 0) is 20.1 Å². The van der Waals surface area contributed by atoms with Crippen LogP contribution in [0.4, 0.5) is 5.82 Å². The number of anilines is 1. The molecule has 0 N–H and O–H groups in total. The van der Waals surface area contributed by atoms with Crippen molar-refractivity contribution in [3.63, 3.8) is 0 Å². The largest absolute Gasteiger partial charge is 0.471 e. The third-order valence-corrected chi connectivity index (χ3v) is 5.26. The third kappa shape index (κ3) is 6.38. The molecule has 1 aliphatic heterocycles. The number of hydrogen-bond donors (Lipinski definition) is 0. The fourth-order valence-electron chi connectivity index (χ4n) is 3.68. The van der Waals surface area contributed by atoms with Gasteiger partial charge in [0.2, 0.25) is 6.71 Å². The number of pyridine rings is 2. The van der Waals surface area contributed by atoms with Gasteiger partial charge in [0.15, 0.2) is 0 Å². The summed E-state index contributed by atoms with van der Waals surface area (Å²) in [5.74, 6) is 5.19. The number of benzene rings is 2. The Bertz CT molecular complexity index is 1120. The van der Waals surface area contributed by atoms with Gasteiger partial charge in [-0.05, 0) is 31.7 Å². The van der Waals surface area contributed by atoms with Crippen LogP contribution < -0.4 is 10.4 Å². The van der Waals surface area contributed by atoms with Crippen molar-refractivity contribution in [1.82, 2.24) is 9.97 Å². The first kappa shape index (κ1) is 24.4. The molecular formula is C28H24BIrN3-2. The maximum atomic E-state index is 4.33. The SMILES string of the molecule is Cc1cccc(C)c1B1C=[C-]N(c2ccccn2)C=C1.[Ir].[c-]1ccccc1-c1ccccn1. The Morgan fingerprint density at radius 3 is 2.09 bits per heavy atom. The van der Waals surface area contributed by atoms with E-state index in [4.69, 9.17) is 0 Å². The van der Waals surface area contributed by atoms with E-state index < -0.39 is 0 Å². The van der Waals surface area contributed by atoms with Gasteiger partial charge in [-0.3, -0.25) is 0 Å². The molecule has 0 saturated carbocycles. The fourth-order valence-corrected chi connectivity index (χ4v) is 3.68. The van der Waals surface area contributed by atoms with Crippen LogP contribution >= 0.6 is 0 Å². The van der Waals surface area contributed by atoms with Gasteiger partial charge in [0.1, 0.15) is 0 Å². The molecule has 0 spiro atoms. The number of rotatable bonds is 3. The standard InChI is InChI=1S/C17H16BN2.C11H8N.Ir/c1-14-6-5-7-15(2)17(14)18-9-12-20(13-10-18)16-8-3-4-11-19-16;1-2-6-10(7-3-1)11-8-4-5-9-12-11;/h3-12H,1-2H3;1-6,8-9H;/q2*-1;. The molecule has 0 aliphatic carbocycles. The molecule has 0 amide bonds. The first-order chi connectivity index (χ1) is 15.7. The number of aryl methyl sites for hydroxylation is 2. The van der Waals surface area contributed by atoms with Gasteiger partial charge in [0.05, 0.1) is 0 Å². The molecule has 2 aromatic heterocycles. The Labute approximate surface area is 210 Å². The molecule has 1 radical (unpaired) electrons. The zero-order valence-electron chi connectivity index (χ0n) is 18.6. The minimum atomic E-state index is 0. The Balaban J connectivity index is 0.000000202. The van der Waals surface area contributed by atoms with Gasteiger partial charge in [-0.2, -0.15) is 0 Å². The molecule has 0 saturated heterocycles. The summed E-state index contributed by atoms with van der Waals surface area (Å²) in [5, 5.41) is 0. The molecule has 0 bridgehead atoms. The van der Waals surface area contributed by atoms with E-state index in [0.717, 1.165) is 17.1 Å². The fraction of sp³-hybridized carbons (Fsp3) is 0.0714. The molecule has 1 aliphatic rings. The minimum absolute atomic E-state index is 0. The summed E-state index contributed by atoms with van der Waals surface area (Å²) in [6.07, 6.45) is 8.92. The van der Waals surface area contributed by atoms with E-state index in [1.807, 2.05) is 71.8 Å². The van der Waals surface area contributed by atoms with Gasteiger partial charge >= 0.3 is 0 Å². The molecular weight excluding hydrogens is 581 g/mol. The van der Waals surface area contributed by atoms with Gasteiger partial charge in [-0.15, -0.1) is 60.2 Å². The molecule has 0 fully saturated rings. The molecule has 3 nitrogen and oxygen atoms in total. The topological polar surface area (TPSA) is 29.0 Å². The molecule has 0 unspecified atom stereocenters. The minimum Gasteiger partial charge on any atom is -0.471 e. The number of hydrogen-bond acceptors (Lipinski definition) is 3. The van der Waals surface area contributed by atoms with Gasteiger partial charge in [0, 0.05) is 38.3 Å². The summed E-state index contributed by atoms with van der Waals surface area (Å²) in [6.45, 7) is 4.61. The number of aromatic nitrogens is 2. The summed E-state index contributed by atoms with van der Waals surface area (Å²) in [6, 6.07) is 29.1. The van der Waals surface area contributed by atoms with E-state index in [1.54, 1.807) is 12.4 Å². The Kier molecular flexibility index (Phi) is 8.94. The normalized spacial score (nSPS) is 11.9. The van der Waals surface area contributed by atoms with Crippen LogP contribution in [0.2, 0.25) is 0 Å². The van der Waals surface area contributed by atoms with Crippen LogP contribution in [0.25, 0.3) is 11.3 Å². The van der Waals surface area contributed by atoms with Crippen molar-refractivity contribution >= 4 is 18.0 Å². The van der Waals surface area contributed by atoms with Crippen molar-refractivity contribution in [2.45, 2.75) is 13.8 Å². The van der Waals surface area contributed by atoms with Crippen LogP contribution in [0.1, 0.15) is 11.1 Å². The second-order valence-electron chi connectivity index (χ2n) is 7.52. The van der Waals surface area contributed by atoms with Crippen LogP contribution in [0, 0.1) is 26.1 Å². The Hall–Kier alpha value is -3.27. The van der Waals surface area contributed by atoms with Gasteiger partial charge in [-0.1, -0.05) is 59.1 Å². The van der Waals surface area contributed by atoms with Crippen molar-refractivity contribution in [2.24, 2.45) is 0 Å². The summed E-state index contributed by atoms with van der Waals surface area (Å²) in [5.41, 5.74) is 6.03. The zero-order chi connectivity index (χ0) is 22.2. The van der Waals surface area contributed by atoms with Gasteiger partial charge in [-0.25, -0.2) is 0 Å². The second-order valence-corrected chi connectivity index (χ2v) is 7.52. The number of nitrogens with zero attached hydrogens (tertiary/aromatic N) is 3. The van der Waals surface area contributed by atoms with E-state index in [1.165, 1.54) is 16.6 Å². The maximum absolute atomic E-state index is 4.33. The molecule has 4 aromatic rings.